The minimum Gasteiger partial charge on any atom is -0.374 e. The number of benzene rings is 1. The second kappa shape index (κ2) is 7.03. The molecule has 1 aromatic carbocycles. The van der Waals surface area contributed by atoms with Gasteiger partial charge in [0.15, 0.2) is 0 Å². The van der Waals surface area contributed by atoms with Gasteiger partial charge in [0.25, 0.3) is 0 Å². The lowest BCUT2D eigenvalue weighted by atomic mass is 10.4. The Kier molecular flexibility index (Phi) is 5.05. The van der Waals surface area contributed by atoms with Crippen LogP contribution in [0.25, 0.3) is 0 Å². The van der Waals surface area contributed by atoms with Gasteiger partial charge in [-0.25, -0.2) is 0 Å². The highest BCUT2D eigenvalue weighted by atomic mass is 32.2. The van der Waals surface area contributed by atoms with Crippen LogP contribution in [0.1, 0.15) is 5.69 Å². The molecule has 0 spiro atoms. The molecule has 0 aliphatic rings. The first-order valence-electron chi connectivity index (χ1n) is 5.77. The first-order chi connectivity index (χ1) is 8.86. The average Bonchev–Trinajstić information content (AvgIpc) is 2.45. The van der Waals surface area contributed by atoms with Gasteiger partial charge in [-0.3, -0.25) is 9.19 Å². The molecular weight excluding hydrogens is 246 g/mol. The van der Waals surface area contributed by atoms with E-state index in [0.717, 1.165) is 10.6 Å². The zero-order chi connectivity index (χ0) is 12.6. The summed E-state index contributed by atoms with van der Waals surface area (Å²) < 4.78 is 17.3. The van der Waals surface area contributed by atoms with E-state index in [-0.39, 0.29) is 0 Å². The summed E-state index contributed by atoms with van der Waals surface area (Å²) >= 11 is 0. The van der Waals surface area contributed by atoms with E-state index in [1.165, 1.54) is 0 Å². The Morgan fingerprint density at radius 1 is 1.06 bits per heavy atom. The maximum absolute atomic E-state index is 11.9. The maximum Gasteiger partial charge on any atom is 0.0888 e. The van der Waals surface area contributed by atoms with E-state index in [2.05, 4.69) is 4.98 Å². The number of hydrogen-bond donors (Lipinski definition) is 0. The van der Waals surface area contributed by atoms with Gasteiger partial charge in [-0.1, -0.05) is 24.3 Å². The molecule has 0 aliphatic heterocycles. The third kappa shape index (κ3) is 4.05. The number of hydrogen-bond acceptors (Lipinski definition) is 3. The largest absolute Gasteiger partial charge is 0.374 e. The second-order valence-corrected chi connectivity index (χ2v) is 5.31. The Labute approximate surface area is 109 Å². The second-order valence-electron chi connectivity index (χ2n) is 3.74. The standard InChI is InChI=1S/C14H15NO2S/c16-18(14-7-2-1-3-8-14)11-10-17-12-13-6-4-5-9-15-13/h1-9H,10-12H2. The summed E-state index contributed by atoms with van der Waals surface area (Å²) in [6.07, 6.45) is 1.74. The third-order valence-electron chi connectivity index (χ3n) is 2.40. The van der Waals surface area contributed by atoms with Crippen molar-refractivity contribution in [1.29, 1.82) is 0 Å². The van der Waals surface area contributed by atoms with Crippen LogP contribution >= 0.6 is 0 Å². The van der Waals surface area contributed by atoms with Crippen molar-refractivity contribution in [2.75, 3.05) is 12.4 Å². The van der Waals surface area contributed by atoms with Gasteiger partial charge in [0.1, 0.15) is 0 Å². The van der Waals surface area contributed by atoms with Gasteiger partial charge in [0, 0.05) is 11.1 Å². The van der Waals surface area contributed by atoms with E-state index >= 15 is 0 Å². The van der Waals surface area contributed by atoms with Crippen molar-refractivity contribution >= 4 is 10.8 Å². The molecule has 0 saturated heterocycles. The van der Waals surface area contributed by atoms with Crippen LogP contribution in [0.15, 0.2) is 59.6 Å². The van der Waals surface area contributed by atoms with Gasteiger partial charge in [-0.15, -0.1) is 0 Å². The molecule has 3 nitrogen and oxygen atoms in total. The van der Waals surface area contributed by atoms with E-state index in [9.17, 15) is 4.21 Å². The topological polar surface area (TPSA) is 39.2 Å². The Hall–Kier alpha value is -1.52. The van der Waals surface area contributed by atoms with Crippen molar-refractivity contribution in [1.82, 2.24) is 4.98 Å². The van der Waals surface area contributed by atoms with Crippen LogP contribution in [-0.2, 0) is 22.1 Å². The fourth-order valence-corrected chi connectivity index (χ4v) is 2.45. The van der Waals surface area contributed by atoms with Crippen LogP contribution in [0.2, 0.25) is 0 Å². The zero-order valence-corrected chi connectivity index (χ0v) is 10.8. The van der Waals surface area contributed by atoms with Crippen molar-refractivity contribution in [3.63, 3.8) is 0 Å². The summed E-state index contributed by atoms with van der Waals surface area (Å²) in [7, 11) is -0.987. The third-order valence-corrected chi connectivity index (χ3v) is 3.73. The summed E-state index contributed by atoms with van der Waals surface area (Å²) in [5.41, 5.74) is 0.892. The minimum absolute atomic E-state index is 0.465. The number of ether oxygens (including phenoxy) is 1. The Morgan fingerprint density at radius 3 is 2.56 bits per heavy atom. The highest BCUT2D eigenvalue weighted by molar-refractivity contribution is 7.85. The first-order valence-corrected chi connectivity index (χ1v) is 7.09. The molecule has 1 atom stereocenters. The predicted octanol–water partition coefficient (Wildman–Crippen LogP) is 2.41. The highest BCUT2D eigenvalue weighted by Crippen LogP contribution is 2.05. The predicted molar refractivity (Wildman–Crippen MR) is 71.6 cm³/mol. The molecule has 0 bridgehead atoms. The fourth-order valence-electron chi connectivity index (χ4n) is 1.48. The molecule has 1 aromatic heterocycles. The highest BCUT2D eigenvalue weighted by Gasteiger charge is 2.02. The van der Waals surface area contributed by atoms with Crippen molar-refractivity contribution in [2.24, 2.45) is 0 Å². The lowest BCUT2D eigenvalue weighted by molar-refractivity contribution is 0.133. The van der Waals surface area contributed by atoms with E-state index < -0.39 is 10.8 Å². The van der Waals surface area contributed by atoms with Crippen LogP contribution in [0.3, 0.4) is 0 Å². The Bertz CT molecular complexity index is 488. The van der Waals surface area contributed by atoms with E-state index in [1.54, 1.807) is 6.20 Å². The molecule has 0 fully saturated rings. The molecule has 2 rings (SSSR count). The number of aromatic nitrogens is 1. The monoisotopic (exact) mass is 261 g/mol. The van der Waals surface area contributed by atoms with Crippen molar-refractivity contribution in [3.05, 3.63) is 60.4 Å². The van der Waals surface area contributed by atoms with Crippen molar-refractivity contribution in [3.8, 4) is 0 Å². The van der Waals surface area contributed by atoms with Gasteiger partial charge in [0.2, 0.25) is 0 Å². The van der Waals surface area contributed by atoms with Crippen molar-refractivity contribution in [2.45, 2.75) is 11.5 Å². The summed E-state index contributed by atoms with van der Waals surface area (Å²) in [5.74, 6) is 0.511. The average molecular weight is 261 g/mol. The Morgan fingerprint density at radius 2 is 1.83 bits per heavy atom. The van der Waals surface area contributed by atoms with Crippen LogP contribution in [0.4, 0.5) is 0 Å². The summed E-state index contributed by atoms with van der Waals surface area (Å²) in [4.78, 5) is 5.00. The smallest absolute Gasteiger partial charge is 0.0888 e. The zero-order valence-electron chi connectivity index (χ0n) is 9.99. The van der Waals surface area contributed by atoms with E-state index in [4.69, 9.17) is 4.74 Å². The molecule has 0 N–H and O–H groups in total. The van der Waals surface area contributed by atoms with Gasteiger partial charge < -0.3 is 4.74 Å². The molecule has 0 amide bonds. The lowest BCUT2D eigenvalue weighted by Gasteiger charge is -2.04. The molecule has 18 heavy (non-hydrogen) atoms. The van der Waals surface area contributed by atoms with E-state index in [1.807, 2.05) is 48.5 Å². The summed E-state index contributed by atoms with van der Waals surface area (Å²) in [6.45, 7) is 0.935. The van der Waals surface area contributed by atoms with Crippen LogP contribution in [0.5, 0.6) is 0 Å². The first kappa shape index (κ1) is 12.9. The molecule has 0 radical (unpaired) electrons. The number of rotatable bonds is 6. The molecule has 1 heterocycles. The normalized spacial score (nSPS) is 12.2. The van der Waals surface area contributed by atoms with Crippen LogP contribution in [-0.4, -0.2) is 21.6 Å². The quantitative estimate of drug-likeness (QED) is 0.750. The molecule has 94 valence electrons. The SMILES string of the molecule is O=S(CCOCc1ccccn1)c1ccccc1. The molecular formula is C14H15NO2S. The fraction of sp³-hybridized carbons (Fsp3) is 0.214. The van der Waals surface area contributed by atoms with Gasteiger partial charge in [-0.05, 0) is 24.3 Å². The minimum atomic E-state index is -0.987. The molecule has 2 aromatic rings. The number of pyridine rings is 1. The van der Waals surface area contributed by atoms with Gasteiger partial charge in [0.05, 0.1) is 35.5 Å². The lowest BCUT2D eigenvalue weighted by Crippen LogP contribution is -2.06. The van der Waals surface area contributed by atoms with Gasteiger partial charge in [-0.2, -0.15) is 0 Å². The Balaban J connectivity index is 1.72. The number of nitrogens with zero attached hydrogens (tertiary/aromatic N) is 1. The van der Waals surface area contributed by atoms with Crippen molar-refractivity contribution < 1.29 is 8.95 Å². The summed E-state index contributed by atoms with van der Waals surface area (Å²) in [6, 6.07) is 15.1. The van der Waals surface area contributed by atoms with Gasteiger partial charge >= 0.3 is 0 Å². The summed E-state index contributed by atoms with van der Waals surface area (Å²) in [5, 5.41) is 0. The molecule has 1 unspecified atom stereocenters. The van der Waals surface area contributed by atoms with E-state index in [0.29, 0.717) is 19.0 Å². The molecule has 0 saturated carbocycles. The van der Waals surface area contributed by atoms with Crippen LogP contribution in [0, 0.1) is 0 Å². The maximum atomic E-state index is 11.9. The molecule has 0 aliphatic carbocycles. The van der Waals surface area contributed by atoms with Crippen LogP contribution < -0.4 is 0 Å². The molecule has 4 heteroatoms.